The highest BCUT2D eigenvalue weighted by Crippen LogP contribution is 2.40. The van der Waals surface area contributed by atoms with Crippen LogP contribution in [0.3, 0.4) is 0 Å². The largest absolute Gasteiger partial charge is 0.497 e. The summed E-state index contributed by atoms with van der Waals surface area (Å²) in [5.41, 5.74) is 2.01. The molecule has 4 rings (SSSR count). The van der Waals surface area contributed by atoms with Crippen molar-refractivity contribution in [2.24, 2.45) is 0 Å². The molecule has 27 heavy (non-hydrogen) atoms. The summed E-state index contributed by atoms with van der Waals surface area (Å²) in [5.74, 6) is 3.60. The zero-order valence-corrected chi connectivity index (χ0v) is 16.1. The minimum Gasteiger partial charge on any atom is -0.497 e. The molecule has 2 aromatic rings. The topological polar surface area (TPSA) is 68.3 Å². The van der Waals surface area contributed by atoms with Gasteiger partial charge in [-0.2, -0.15) is 4.98 Å². The van der Waals surface area contributed by atoms with Crippen LogP contribution in [0.5, 0.6) is 11.5 Å². The highest BCUT2D eigenvalue weighted by atomic mass is 16.5. The van der Waals surface area contributed by atoms with E-state index in [1.165, 1.54) is 44.9 Å². The van der Waals surface area contributed by atoms with E-state index >= 15 is 0 Å². The summed E-state index contributed by atoms with van der Waals surface area (Å²) in [6.07, 6.45) is 8.74. The summed E-state index contributed by atoms with van der Waals surface area (Å²) in [7, 11) is 3.31. The summed E-state index contributed by atoms with van der Waals surface area (Å²) in [4.78, 5) is 9.52. The molecule has 0 atom stereocenters. The molecule has 2 fully saturated rings. The van der Waals surface area contributed by atoms with Crippen LogP contribution < -0.4 is 20.1 Å². The van der Waals surface area contributed by atoms with Crippen LogP contribution in [0.15, 0.2) is 24.3 Å². The Labute approximate surface area is 160 Å². The van der Waals surface area contributed by atoms with Crippen molar-refractivity contribution < 1.29 is 9.47 Å². The Morgan fingerprint density at radius 2 is 1.56 bits per heavy atom. The Kier molecular flexibility index (Phi) is 5.32. The Morgan fingerprint density at radius 1 is 0.852 bits per heavy atom. The molecule has 0 radical (unpaired) electrons. The molecule has 0 amide bonds. The number of hydrogen-bond donors (Lipinski definition) is 2. The summed E-state index contributed by atoms with van der Waals surface area (Å²) >= 11 is 0. The predicted molar refractivity (Wildman–Crippen MR) is 107 cm³/mol. The van der Waals surface area contributed by atoms with Crippen molar-refractivity contribution in [1.82, 2.24) is 9.97 Å². The molecule has 2 aliphatic carbocycles. The first kappa shape index (κ1) is 17.9. The Morgan fingerprint density at radius 3 is 2.19 bits per heavy atom. The molecule has 0 spiro atoms. The monoisotopic (exact) mass is 368 g/mol. The quantitative estimate of drug-likeness (QED) is 0.727. The highest BCUT2D eigenvalue weighted by molar-refractivity contribution is 5.62. The molecule has 2 aliphatic rings. The maximum Gasteiger partial charge on any atom is 0.225 e. The van der Waals surface area contributed by atoms with Crippen LogP contribution in [-0.2, 0) is 0 Å². The molecule has 2 N–H and O–H groups in total. The fourth-order valence-corrected chi connectivity index (χ4v) is 3.64. The molecule has 1 heterocycles. The number of methoxy groups -OCH3 is 2. The second kappa shape index (κ2) is 8.03. The van der Waals surface area contributed by atoms with Crippen LogP contribution >= 0.6 is 0 Å². The smallest absolute Gasteiger partial charge is 0.225 e. The SMILES string of the molecule is COc1cc(Nc2cc(C3CC3)nc(NC3CCCCC3)n2)cc(OC)c1. The van der Waals surface area contributed by atoms with Gasteiger partial charge in [0, 0.05) is 41.9 Å². The van der Waals surface area contributed by atoms with Gasteiger partial charge in [-0.15, -0.1) is 0 Å². The molecule has 0 bridgehead atoms. The molecule has 6 nitrogen and oxygen atoms in total. The number of benzene rings is 1. The van der Waals surface area contributed by atoms with Gasteiger partial charge >= 0.3 is 0 Å². The third-order valence-corrected chi connectivity index (χ3v) is 5.30. The summed E-state index contributed by atoms with van der Waals surface area (Å²) in [5, 5.41) is 6.97. The van der Waals surface area contributed by atoms with Gasteiger partial charge in [-0.3, -0.25) is 0 Å². The van der Waals surface area contributed by atoms with E-state index in [4.69, 9.17) is 19.4 Å². The summed E-state index contributed by atoms with van der Waals surface area (Å²) in [6, 6.07) is 8.29. The van der Waals surface area contributed by atoms with Crippen molar-refractivity contribution in [3.8, 4) is 11.5 Å². The lowest BCUT2D eigenvalue weighted by Crippen LogP contribution is -2.23. The summed E-state index contributed by atoms with van der Waals surface area (Å²) < 4.78 is 10.7. The molecule has 1 aromatic carbocycles. The Hall–Kier alpha value is -2.50. The van der Waals surface area contributed by atoms with Crippen molar-refractivity contribution in [1.29, 1.82) is 0 Å². The van der Waals surface area contributed by atoms with E-state index < -0.39 is 0 Å². The van der Waals surface area contributed by atoms with Crippen molar-refractivity contribution in [2.75, 3.05) is 24.9 Å². The molecule has 0 saturated heterocycles. The van der Waals surface area contributed by atoms with Gasteiger partial charge in [0.2, 0.25) is 5.95 Å². The van der Waals surface area contributed by atoms with Gasteiger partial charge in [0.15, 0.2) is 0 Å². The standard InChI is InChI=1S/C21H28N4O2/c1-26-17-10-16(11-18(12-17)27-2)22-20-13-19(14-8-9-14)24-21(25-20)23-15-6-4-3-5-7-15/h10-15H,3-9H2,1-2H3,(H2,22,23,24,25). The minimum absolute atomic E-state index is 0.484. The molecule has 0 unspecified atom stereocenters. The molecule has 2 saturated carbocycles. The fraction of sp³-hybridized carbons (Fsp3) is 0.524. The molecular formula is C21H28N4O2. The average Bonchev–Trinajstić information content (AvgIpc) is 3.53. The number of anilines is 3. The second-order valence-corrected chi connectivity index (χ2v) is 7.48. The van der Waals surface area contributed by atoms with Crippen LogP contribution in [-0.4, -0.2) is 30.2 Å². The molecule has 144 valence electrons. The van der Waals surface area contributed by atoms with E-state index in [1.807, 2.05) is 18.2 Å². The Balaban J connectivity index is 1.57. The first-order chi connectivity index (χ1) is 13.2. The van der Waals surface area contributed by atoms with Crippen molar-refractivity contribution in [3.63, 3.8) is 0 Å². The highest BCUT2D eigenvalue weighted by Gasteiger charge is 2.26. The lowest BCUT2D eigenvalue weighted by atomic mass is 9.96. The van der Waals surface area contributed by atoms with E-state index in [0.717, 1.165) is 34.6 Å². The zero-order valence-electron chi connectivity index (χ0n) is 16.1. The van der Waals surface area contributed by atoms with Gasteiger partial charge in [-0.25, -0.2) is 4.98 Å². The normalized spacial score (nSPS) is 17.4. The fourth-order valence-electron chi connectivity index (χ4n) is 3.64. The third kappa shape index (κ3) is 4.62. The number of nitrogens with zero attached hydrogens (tertiary/aromatic N) is 2. The van der Waals surface area contributed by atoms with Crippen LogP contribution in [0.4, 0.5) is 17.5 Å². The minimum atomic E-state index is 0.484. The van der Waals surface area contributed by atoms with Crippen LogP contribution in [0, 0.1) is 0 Å². The second-order valence-electron chi connectivity index (χ2n) is 7.48. The number of nitrogens with one attached hydrogen (secondary N) is 2. The zero-order chi connectivity index (χ0) is 18.6. The maximum absolute atomic E-state index is 5.37. The third-order valence-electron chi connectivity index (χ3n) is 5.30. The number of aromatic nitrogens is 2. The van der Waals surface area contributed by atoms with E-state index in [0.29, 0.717) is 12.0 Å². The number of hydrogen-bond acceptors (Lipinski definition) is 6. The first-order valence-corrected chi connectivity index (χ1v) is 9.89. The number of rotatable bonds is 7. The summed E-state index contributed by atoms with van der Waals surface area (Å²) in [6.45, 7) is 0. The van der Waals surface area contributed by atoms with E-state index in [9.17, 15) is 0 Å². The molecular weight excluding hydrogens is 340 g/mol. The lowest BCUT2D eigenvalue weighted by molar-refractivity contribution is 0.395. The van der Waals surface area contributed by atoms with Crippen LogP contribution in [0.2, 0.25) is 0 Å². The van der Waals surface area contributed by atoms with Gasteiger partial charge < -0.3 is 20.1 Å². The molecule has 0 aliphatic heterocycles. The lowest BCUT2D eigenvalue weighted by Gasteiger charge is -2.23. The van der Waals surface area contributed by atoms with Gasteiger partial charge in [0.25, 0.3) is 0 Å². The predicted octanol–water partition coefficient (Wildman–Crippen LogP) is 4.86. The van der Waals surface area contributed by atoms with Crippen LogP contribution in [0.1, 0.15) is 56.6 Å². The van der Waals surface area contributed by atoms with E-state index in [1.54, 1.807) is 14.2 Å². The molecule has 1 aromatic heterocycles. The van der Waals surface area contributed by atoms with Crippen molar-refractivity contribution >= 4 is 17.5 Å². The van der Waals surface area contributed by atoms with Gasteiger partial charge in [0.05, 0.1) is 19.9 Å². The first-order valence-electron chi connectivity index (χ1n) is 9.89. The molecule has 6 heteroatoms. The number of ether oxygens (including phenoxy) is 2. The van der Waals surface area contributed by atoms with Crippen molar-refractivity contribution in [2.45, 2.75) is 56.9 Å². The van der Waals surface area contributed by atoms with E-state index in [-0.39, 0.29) is 0 Å². The van der Waals surface area contributed by atoms with Crippen molar-refractivity contribution in [3.05, 3.63) is 30.0 Å². The Bertz CT molecular complexity index is 763. The van der Waals surface area contributed by atoms with Gasteiger partial charge in [0.1, 0.15) is 17.3 Å². The maximum atomic E-state index is 5.37. The van der Waals surface area contributed by atoms with Crippen LogP contribution in [0.25, 0.3) is 0 Å². The van der Waals surface area contributed by atoms with Gasteiger partial charge in [-0.05, 0) is 25.7 Å². The average molecular weight is 368 g/mol. The van der Waals surface area contributed by atoms with Gasteiger partial charge in [-0.1, -0.05) is 19.3 Å². The van der Waals surface area contributed by atoms with E-state index in [2.05, 4.69) is 16.7 Å².